The van der Waals surface area contributed by atoms with Gasteiger partial charge in [-0.3, -0.25) is 14.6 Å². The topological polar surface area (TPSA) is 165 Å². The molecule has 4 N–H and O–H groups in total. The zero-order valence-corrected chi connectivity index (χ0v) is 29.7. The van der Waals surface area contributed by atoms with Crippen LogP contribution in [0, 0.1) is 11.6 Å². The van der Waals surface area contributed by atoms with Gasteiger partial charge in [0.1, 0.15) is 35.3 Å². The molecule has 0 aliphatic heterocycles. The number of nitrogens with zero attached hydrogens (tertiary/aromatic N) is 9. The van der Waals surface area contributed by atoms with Gasteiger partial charge in [0.25, 0.3) is 0 Å². The van der Waals surface area contributed by atoms with E-state index in [4.69, 9.17) is 16.2 Å². The minimum Gasteiger partial charge on any atom is -0.383 e. The Morgan fingerprint density at radius 3 is 1.63 bits per heavy atom. The van der Waals surface area contributed by atoms with Crippen LogP contribution in [0.4, 0.5) is 20.4 Å². The quantitative estimate of drug-likeness (QED) is 0.195. The number of benzene rings is 2. The third kappa shape index (κ3) is 9.72. The summed E-state index contributed by atoms with van der Waals surface area (Å²) in [7, 11) is 8.86. The normalized spacial score (nSPS) is 11.2. The number of nitrogen functional groups attached to an aromatic ring is 2. The SMILES string of the molecule is CN(CC(=O)N(C)C)Cc1cc(F)cc(-c2ccc3ncnc(N)c3n2)c1.COCCN(C)Cc1cc(F)cc(-c2ccc3ncnc(N)c3n2)c1. The summed E-state index contributed by atoms with van der Waals surface area (Å²) in [6.45, 7) is 2.70. The second-order valence-corrected chi connectivity index (χ2v) is 12.5. The van der Waals surface area contributed by atoms with Gasteiger partial charge in [-0.15, -0.1) is 0 Å². The van der Waals surface area contributed by atoms with Crippen LogP contribution in [0.2, 0.25) is 0 Å². The number of pyridine rings is 2. The summed E-state index contributed by atoms with van der Waals surface area (Å²) in [6.07, 6.45) is 2.78. The lowest BCUT2D eigenvalue weighted by Crippen LogP contribution is -2.34. The van der Waals surface area contributed by atoms with Gasteiger partial charge < -0.3 is 21.1 Å². The number of methoxy groups -OCH3 is 1. The molecule has 0 aliphatic rings. The van der Waals surface area contributed by atoms with Crippen LogP contribution < -0.4 is 11.5 Å². The summed E-state index contributed by atoms with van der Waals surface area (Å²) in [4.78, 5) is 42.4. The van der Waals surface area contributed by atoms with Gasteiger partial charge >= 0.3 is 0 Å². The summed E-state index contributed by atoms with van der Waals surface area (Å²) in [5.74, 6) is -0.0928. The van der Waals surface area contributed by atoms with E-state index in [9.17, 15) is 13.6 Å². The van der Waals surface area contributed by atoms with E-state index in [1.54, 1.807) is 33.3 Å². The summed E-state index contributed by atoms with van der Waals surface area (Å²) in [5, 5.41) is 0. The van der Waals surface area contributed by atoms with Crippen LogP contribution in [0.25, 0.3) is 44.6 Å². The number of nitrogens with two attached hydrogens (primary N) is 2. The molecule has 0 unspecified atom stereocenters. The van der Waals surface area contributed by atoms with E-state index in [0.29, 0.717) is 70.1 Å². The molecule has 6 rings (SSSR count). The minimum atomic E-state index is -0.367. The number of fused-ring (bicyclic) bond motifs is 2. The zero-order valence-electron chi connectivity index (χ0n) is 29.7. The van der Waals surface area contributed by atoms with Crippen LogP contribution in [0.1, 0.15) is 11.1 Å². The molecule has 0 saturated carbocycles. The molecule has 6 aromatic rings. The Hall–Kier alpha value is -5.77. The monoisotopic (exact) mass is 709 g/mol. The molecule has 0 aliphatic carbocycles. The first-order valence-electron chi connectivity index (χ1n) is 16.3. The van der Waals surface area contributed by atoms with Gasteiger partial charge in [-0.05, 0) is 85.9 Å². The molecule has 0 spiro atoms. The van der Waals surface area contributed by atoms with Crippen LogP contribution in [0.5, 0.6) is 0 Å². The van der Waals surface area contributed by atoms with Crippen molar-refractivity contribution in [3.63, 3.8) is 0 Å². The molecule has 0 saturated heterocycles. The van der Waals surface area contributed by atoms with E-state index in [1.807, 2.05) is 43.3 Å². The Labute approximate surface area is 300 Å². The molecule has 0 fully saturated rings. The van der Waals surface area contributed by atoms with Crippen LogP contribution in [-0.4, -0.2) is 106 Å². The molecule has 0 bridgehead atoms. The smallest absolute Gasteiger partial charge is 0.236 e. The number of likely N-dealkylation sites (N-methyl/N-ethyl adjacent to an activating group) is 3. The summed E-state index contributed by atoms with van der Waals surface area (Å²) >= 11 is 0. The van der Waals surface area contributed by atoms with E-state index in [0.717, 1.165) is 17.7 Å². The average Bonchev–Trinajstić information content (AvgIpc) is 3.10. The third-order valence-corrected chi connectivity index (χ3v) is 8.01. The lowest BCUT2D eigenvalue weighted by atomic mass is 10.1. The van der Waals surface area contributed by atoms with Gasteiger partial charge in [-0.1, -0.05) is 0 Å². The number of halogens is 2. The Bertz CT molecular complexity index is 2180. The molecular weight excluding hydrogens is 668 g/mol. The van der Waals surface area contributed by atoms with E-state index < -0.39 is 0 Å². The fourth-order valence-electron chi connectivity index (χ4n) is 5.40. The number of rotatable bonds is 11. The second-order valence-electron chi connectivity index (χ2n) is 12.5. The van der Waals surface area contributed by atoms with Gasteiger partial charge in [-0.25, -0.2) is 38.7 Å². The van der Waals surface area contributed by atoms with Crippen molar-refractivity contribution in [3.8, 4) is 22.5 Å². The Morgan fingerprint density at radius 2 is 1.17 bits per heavy atom. The number of hydrogen-bond acceptors (Lipinski definition) is 12. The first-order valence-corrected chi connectivity index (χ1v) is 16.3. The maximum atomic E-state index is 14.2. The summed E-state index contributed by atoms with van der Waals surface area (Å²) < 4.78 is 33.3. The molecule has 52 heavy (non-hydrogen) atoms. The van der Waals surface area contributed by atoms with Gasteiger partial charge in [0.05, 0.1) is 35.6 Å². The number of amides is 1. The van der Waals surface area contributed by atoms with Crippen molar-refractivity contribution in [3.05, 3.63) is 96.1 Å². The van der Waals surface area contributed by atoms with E-state index in [-0.39, 0.29) is 29.9 Å². The maximum absolute atomic E-state index is 14.2. The Kier molecular flexibility index (Phi) is 12.2. The molecule has 1 amide bonds. The lowest BCUT2D eigenvalue weighted by molar-refractivity contribution is -0.129. The predicted octanol–water partition coefficient (Wildman–Crippen LogP) is 4.42. The van der Waals surface area contributed by atoms with Crippen molar-refractivity contribution in [1.29, 1.82) is 0 Å². The molecule has 15 heteroatoms. The van der Waals surface area contributed by atoms with Crippen molar-refractivity contribution in [2.45, 2.75) is 13.1 Å². The first kappa shape index (κ1) is 37.5. The van der Waals surface area contributed by atoms with Gasteiger partial charge in [-0.2, -0.15) is 0 Å². The second kappa shape index (κ2) is 17.0. The highest BCUT2D eigenvalue weighted by atomic mass is 19.1. The largest absolute Gasteiger partial charge is 0.383 e. The standard InChI is InChI=1S/C19H21FN6O.C18H20FN5O/c1-25(2)17(27)10-26(3)9-12-6-13(8-14(20)7-12)15-4-5-16-18(24-15)19(21)23-11-22-16;1-24(5-6-25-2)10-12-7-13(9-14(19)8-12)15-3-4-16-17(23-15)18(20)22-11-21-16/h4-8,11H,9-10H2,1-3H3,(H2,21,22,23);3-4,7-9,11H,5-6,10H2,1-2H3,(H2,20,21,22). The number of hydrogen-bond donors (Lipinski definition) is 2. The number of aromatic nitrogens is 6. The number of carbonyl (C=O) groups excluding carboxylic acids is 1. The summed E-state index contributed by atoms with van der Waals surface area (Å²) in [6, 6.07) is 16.8. The fraction of sp³-hybridized carbons (Fsp3) is 0.270. The Morgan fingerprint density at radius 1 is 0.692 bits per heavy atom. The molecule has 4 heterocycles. The predicted molar refractivity (Wildman–Crippen MR) is 198 cm³/mol. The number of carbonyl (C=O) groups is 1. The molecule has 0 radical (unpaired) electrons. The fourth-order valence-corrected chi connectivity index (χ4v) is 5.40. The first-order chi connectivity index (χ1) is 24.9. The van der Waals surface area contributed by atoms with Crippen molar-refractivity contribution in [1.82, 2.24) is 44.6 Å². The molecule has 2 aromatic carbocycles. The van der Waals surface area contributed by atoms with E-state index in [1.165, 1.54) is 41.8 Å². The van der Waals surface area contributed by atoms with Crippen LogP contribution in [0.3, 0.4) is 0 Å². The maximum Gasteiger partial charge on any atom is 0.236 e. The molecule has 4 aromatic heterocycles. The van der Waals surface area contributed by atoms with Crippen LogP contribution in [0.15, 0.2) is 73.3 Å². The van der Waals surface area contributed by atoms with Gasteiger partial charge in [0.2, 0.25) is 5.91 Å². The summed E-state index contributed by atoms with van der Waals surface area (Å²) in [5.41, 5.74) is 18.2. The van der Waals surface area contributed by atoms with Crippen molar-refractivity contribution in [2.24, 2.45) is 0 Å². The number of anilines is 2. The van der Waals surface area contributed by atoms with Gasteiger partial charge in [0, 0.05) is 52.0 Å². The number of ether oxygens (including phenoxy) is 1. The van der Waals surface area contributed by atoms with Crippen molar-refractivity contribution < 1.29 is 18.3 Å². The zero-order chi connectivity index (χ0) is 37.4. The lowest BCUT2D eigenvalue weighted by Gasteiger charge is -2.19. The highest BCUT2D eigenvalue weighted by Gasteiger charge is 2.13. The molecule has 270 valence electrons. The molecule has 13 nitrogen and oxygen atoms in total. The molecular formula is C37H41F2N11O2. The van der Waals surface area contributed by atoms with E-state index in [2.05, 4.69) is 34.8 Å². The Balaban J connectivity index is 0.000000202. The van der Waals surface area contributed by atoms with Crippen molar-refractivity contribution in [2.75, 3.05) is 66.5 Å². The van der Waals surface area contributed by atoms with Crippen LogP contribution in [-0.2, 0) is 22.6 Å². The molecule has 0 atom stereocenters. The van der Waals surface area contributed by atoms with Crippen molar-refractivity contribution >= 4 is 39.6 Å². The highest BCUT2D eigenvalue weighted by molar-refractivity contribution is 5.86. The van der Waals surface area contributed by atoms with Crippen LogP contribution >= 0.6 is 0 Å². The highest BCUT2D eigenvalue weighted by Crippen LogP contribution is 2.26. The minimum absolute atomic E-state index is 0.0132. The third-order valence-electron chi connectivity index (χ3n) is 8.01. The van der Waals surface area contributed by atoms with Gasteiger partial charge in [0.15, 0.2) is 11.6 Å². The van der Waals surface area contributed by atoms with E-state index >= 15 is 0 Å². The average molecular weight is 710 g/mol.